The second-order valence-electron chi connectivity index (χ2n) is 5.18. The minimum atomic E-state index is -3.83. The maximum absolute atomic E-state index is 12.5. The zero-order valence-corrected chi connectivity index (χ0v) is 11.8. The van der Waals surface area contributed by atoms with Crippen LogP contribution in [0.3, 0.4) is 0 Å². The van der Waals surface area contributed by atoms with E-state index < -0.39 is 37.9 Å². The molecule has 1 amide bonds. The molecule has 112 valence electrons. The summed E-state index contributed by atoms with van der Waals surface area (Å²) < 4.78 is 28.2. The molecule has 3 heterocycles. The topological polar surface area (TPSA) is 118 Å². The number of carbonyl (C=O) groups is 2. The Hall–Kier alpha value is -2.16. The van der Waals surface area contributed by atoms with Crippen LogP contribution in [0.15, 0.2) is 22.9 Å². The summed E-state index contributed by atoms with van der Waals surface area (Å²) in [5.74, 6) is -1.51. The van der Waals surface area contributed by atoms with Crippen molar-refractivity contribution in [1.82, 2.24) is 10.1 Å². The summed E-state index contributed by atoms with van der Waals surface area (Å²) in [7, 11) is -3.83. The number of carboxylic acid groups (broad SMARTS) is 1. The molecule has 0 spiro atoms. The van der Waals surface area contributed by atoms with Crippen LogP contribution in [-0.4, -0.2) is 51.6 Å². The molecule has 2 aliphatic rings. The maximum Gasteiger partial charge on any atom is 0.328 e. The van der Waals surface area contributed by atoms with E-state index in [4.69, 9.17) is 4.52 Å². The van der Waals surface area contributed by atoms with Gasteiger partial charge in [0.05, 0.1) is 12.6 Å². The van der Waals surface area contributed by atoms with Gasteiger partial charge in [0.25, 0.3) is 0 Å². The van der Waals surface area contributed by atoms with Crippen LogP contribution in [0, 0.1) is 0 Å². The Morgan fingerprint density at radius 1 is 1.62 bits per heavy atom. The van der Waals surface area contributed by atoms with Crippen molar-refractivity contribution in [3.8, 4) is 0 Å². The predicted octanol–water partition coefficient (Wildman–Crippen LogP) is -0.113. The normalized spacial score (nSPS) is 34.0. The monoisotopic (exact) mass is 312 g/mol. The van der Waals surface area contributed by atoms with Gasteiger partial charge in [-0.3, -0.25) is 4.79 Å². The summed E-state index contributed by atoms with van der Waals surface area (Å²) in [5, 5.41) is 11.8. The number of hydrogen-bond acceptors (Lipinski definition) is 6. The highest BCUT2D eigenvalue weighted by Crippen LogP contribution is 2.46. The predicted molar refractivity (Wildman–Crippen MR) is 69.5 cm³/mol. The fraction of sp³-hybridized carbons (Fsp3) is 0.417. The molecule has 8 nitrogen and oxygen atoms in total. The van der Waals surface area contributed by atoms with Crippen LogP contribution in [0.2, 0.25) is 0 Å². The summed E-state index contributed by atoms with van der Waals surface area (Å²) in [4.78, 5) is 24.0. The van der Waals surface area contributed by atoms with Crippen LogP contribution in [0.5, 0.6) is 0 Å². The van der Waals surface area contributed by atoms with Crippen molar-refractivity contribution in [3.63, 3.8) is 0 Å². The Bertz CT molecular complexity index is 738. The molecule has 0 bridgehead atoms. The number of amides is 1. The SMILES string of the molecule is C[C@]1(/C=C\c2ccno2)[C@H](C(=O)O)N2C(=O)C[C@H]2S1(=O)=O. The molecule has 21 heavy (non-hydrogen) atoms. The van der Waals surface area contributed by atoms with Crippen LogP contribution in [0.25, 0.3) is 6.08 Å². The lowest BCUT2D eigenvalue weighted by molar-refractivity contribution is -0.157. The van der Waals surface area contributed by atoms with Gasteiger partial charge in [0.1, 0.15) is 10.1 Å². The van der Waals surface area contributed by atoms with Crippen molar-refractivity contribution in [2.24, 2.45) is 0 Å². The molecule has 1 aromatic heterocycles. The first-order chi connectivity index (χ1) is 9.79. The van der Waals surface area contributed by atoms with Gasteiger partial charge < -0.3 is 14.5 Å². The first-order valence-corrected chi connectivity index (χ1v) is 7.71. The molecule has 1 N–H and O–H groups in total. The number of rotatable bonds is 3. The third-order valence-corrected chi connectivity index (χ3v) is 6.71. The number of hydrogen-bond donors (Lipinski definition) is 1. The molecule has 0 saturated carbocycles. The summed E-state index contributed by atoms with van der Waals surface area (Å²) in [5.41, 5.74) is 0. The minimum absolute atomic E-state index is 0.169. The Morgan fingerprint density at radius 3 is 2.86 bits per heavy atom. The molecular weight excluding hydrogens is 300 g/mol. The molecule has 3 rings (SSSR count). The third kappa shape index (κ3) is 1.67. The smallest absolute Gasteiger partial charge is 0.328 e. The van der Waals surface area contributed by atoms with Crippen LogP contribution in [-0.2, 0) is 19.4 Å². The summed E-state index contributed by atoms with van der Waals surface area (Å²) in [6.45, 7) is 1.31. The molecular formula is C12H12N2O6S. The van der Waals surface area contributed by atoms with Gasteiger partial charge in [-0.25, -0.2) is 13.2 Å². The van der Waals surface area contributed by atoms with Gasteiger partial charge in [-0.1, -0.05) is 11.2 Å². The zero-order valence-electron chi connectivity index (χ0n) is 11.0. The number of sulfone groups is 1. The second kappa shape index (κ2) is 4.17. The Kier molecular flexibility index (Phi) is 2.74. The minimum Gasteiger partial charge on any atom is -0.480 e. The van der Waals surface area contributed by atoms with Crippen molar-refractivity contribution < 1.29 is 27.6 Å². The first kappa shape index (κ1) is 13.8. The number of carbonyl (C=O) groups excluding carboxylic acids is 1. The number of aliphatic carboxylic acids is 1. The number of β-lactam (4-membered cyclic amide) rings is 1. The largest absolute Gasteiger partial charge is 0.480 e. The van der Waals surface area contributed by atoms with Crippen molar-refractivity contribution >= 4 is 27.8 Å². The van der Waals surface area contributed by atoms with E-state index in [1.807, 2.05) is 0 Å². The lowest BCUT2D eigenvalue weighted by atomic mass is 9.96. The Morgan fingerprint density at radius 2 is 2.33 bits per heavy atom. The van der Waals surface area contributed by atoms with Crippen molar-refractivity contribution in [2.75, 3.05) is 0 Å². The van der Waals surface area contributed by atoms with E-state index in [1.165, 1.54) is 31.3 Å². The van der Waals surface area contributed by atoms with E-state index in [2.05, 4.69) is 5.16 Å². The second-order valence-corrected chi connectivity index (χ2v) is 7.69. The fourth-order valence-corrected chi connectivity index (χ4v) is 5.07. The van der Waals surface area contributed by atoms with E-state index in [9.17, 15) is 23.1 Å². The molecule has 0 aromatic carbocycles. The highest BCUT2D eigenvalue weighted by atomic mass is 32.2. The molecule has 0 unspecified atom stereocenters. The van der Waals surface area contributed by atoms with Gasteiger partial charge in [-0.2, -0.15) is 0 Å². The average Bonchev–Trinajstić information content (AvgIpc) is 2.95. The molecule has 9 heteroatoms. The number of fused-ring (bicyclic) bond motifs is 1. The van der Waals surface area contributed by atoms with Gasteiger partial charge in [-0.15, -0.1) is 0 Å². The molecule has 2 aliphatic heterocycles. The van der Waals surface area contributed by atoms with Gasteiger partial charge in [0, 0.05) is 6.07 Å². The molecule has 1 aromatic rings. The van der Waals surface area contributed by atoms with Crippen LogP contribution < -0.4 is 0 Å². The van der Waals surface area contributed by atoms with E-state index in [1.54, 1.807) is 0 Å². The third-order valence-electron chi connectivity index (χ3n) is 4.01. The van der Waals surface area contributed by atoms with Crippen LogP contribution >= 0.6 is 0 Å². The van der Waals surface area contributed by atoms with E-state index in [0.29, 0.717) is 5.76 Å². The van der Waals surface area contributed by atoms with Gasteiger partial charge in [0.15, 0.2) is 21.6 Å². The van der Waals surface area contributed by atoms with Gasteiger partial charge in [0.2, 0.25) is 5.91 Å². The van der Waals surface area contributed by atoms with Crippen LogP contribution in [0.1, 0.15) is 19.1 Å². The molecule has 0 radical (unpaired) electrons. The quantitative estimate of drug-likeness (QED) is 0.773. The zero-order chi connectivity index (χ0) is 15.4. The van der Waals surface area contributed by atoms with Crippen molar-refractivity contribution in [1.29, 1.82) is 0 Å². The molecule has 2 fully saturated rings. The number of carboxylic acids is 1. The van der Waals surface area contributed by atoms with Gasteiger partial charge in [-0.05, 0) is 13.0 Å². The summed E-state index contributed by atoms with van der Waals surface area (Å²) >= 11 is 0. The first-order valence-electron chi connectivity index (χ1n) is 6.16. The standard InChI is InChI=1S/C12H12N2O6S/c1-12(4-2-7-3-5-13-20-7)10(11(16)17)14-8(15)6-9(14)21(12,18)19/h2-5,9-10H,6H2,1H3,(H,16,17)/b4-2-/t9-,10+,12+/m1/s1. The average molecular weight is 312 g/mol. The van der Waals surface area contributed by atoms with E-state index in [-0.39, 0.29) is 6.42 Å². The van der Waals surface area contributed by atoms with E-state index in [0.717, 1.165) is 4.90 Å². The lowest BCUT2D eigenvalue weighted by Gasteiger charge is -2.35. The highest BCUT2D eigenvalue weighted by Gasteiger charge is 2.69. The Labute approximate surface area is 119 Å². The maximum atomic E-state index is 12.5. The Balaban J connectivity index is 2.08. The molecule has 2 saturated heterocycles. The highest BCUT2D eigenvalue weighted by molar-refractivity contribution is 7.94. The number of aromatic nitrogens is 1. The fourth-order valence-electron chi connectivity index (χ4n) is 2.80. The number of nitrogens with zero attached hydrogens (tertiary/aromatic N) is 2. The molecule has 3 atom stereocenters. The summed E-state index contributed by atoms with van der Waals surface area (Å²) in [6, 6.07) is 0.0741. The molecule has 0 aliphatic carbocycles. The van der Waals surface area contributed by atoms with Gasteiger partial charge >= 0.3 is 5.97 Å². The van der Waals surface area contributed by atoms with Crippen molar-refractivity contribution in [2.45, 2.75) is 29.5 Å². The van der Waals surface area contributed by atoms with E-state index >= 15 is 0 Å². The lowest BCUT2D eigenvalue weighted by Crippen LogP contribution is -2.57. The summed E-state index contributed by atoms with van der Waals surface area (Å²) in [6.07, 6.45) is 3.83. The van der Waals surface area contributed by atoms with Crippen molar-refractivity contribution in [3.05, 3.63) is 24.1 Å². The van der Waals surface area contributed by atoms with Crippen LogP contribution in [0.4, 0.5) is 0 Å².